The molecule has 1 amide bonds. The highest BCUT2D eigenvalue weighted by atomic mass is 32.2. The maximum Gasteiger partial charge on any atom is 0.306 e. The van der Waals surface area contributed by atoms with Crippen LogP contribution in [0.5, 0.6) is 5.75 Å². The molecular formula is C17H27NO4S. The molecule has 6 heteroatoms. The van der Waals surface area contributed by atoms with E-state index in [4.69, 9.17) is 4.18 Å². The number of benzene rings is 1. The number of hydrogen-bond acceptors (Lipinski definition) is 4. The Morgan fingerprint density at radius 3 is 2.13 bits per heavy atom. The highest BCUT2D eigenvalue weighted by Gasteiger charge is 2.29. The molecule has 130 valence electrons. The summed E-state index contributed by atoms with van der Waals surface area (Å²) in [5, 5.41) is 0. The van der Waals surface area contributed by atoms with Gasteiger partial charge < -0.3 is 9.08 Å². The Hall–Kier alpha value is -1.56. The predicted molar refractivity (Wildman–Crippen MR) is 91.7 cm³/mol. The van der Waals surface area contributed by atoms with Gasteiger partial charge in [0.2, 0.25) is 5.91 Å². The average molecular weight is 341 g/mol. The van der Waals surface area contributed by atoms with Gasteiger partial charge in [0.05, 0.1) is 6.26 Å². The van der Waals surface area contributed by atoms with Gasteiger partial charge in [0, 0.05) is 18.0 Å². The Bertz CT molecular complexity index is 630. The van der Waals surface area contributed by atoms with Crippen molar-refractivity contribution in [3.63, 3.8) is 0 Å². The van der Waals surface area contributed by atoms with Crippen LogP contribution in [0.4, 0.5) is 0 Å². The largest absolute Gasteiger partial charge is 0.383 e. The van der Waals surface area contributed by atoms with Crippen LogP contribution in [0.1, 0.15) is 46.6 Å². The molecular weight excluding hydrogens is 314 g/mol. The Labute approximate surface area is 139 Å². The van der Waals surface area contributed by atoms with Gasteiger partial charge in [0.1, 0.15) is 5.75 Å². The molecule has 1 atom stereocenters. The maximum absolute atomic E-state index is 12.6. The van der Waals surface area contributed by atoms with Crippen molar-refractivity contribution in [1.82, 2.24) is 4.90 Å². The standard InChI is InChI=1S/C17H27NO4S/c1-7-13(2)18(16(19)17(3,4)5)12-14-8-10-15(11-9-14)22-23(6,20)21/h8-11,13H,7,12H2,1-6H3/t13-/m0/s1. The van der Waals surface area contributed by atoms with Crippen LogP contribution < -0.4 is 4.18 Å². The summed E-state index contributed by atoms with van der Waals surface area (Å²) in [6.45, 7) is 10.3. The summed E-state index contributed by atoms with van der Waals surface area (Å²) in [6.07, 6.45) is 1.88. The minimum absolute atomic E-state index is 0.100. The lowest BCUT2D eigenvalue weighted by Gasteiger charge is -2.34. The van der Waals surface area contributed by atoms with E-state index in [-0.39, 0.29) is 17.7 Å². The van der Waals surface area contributed by atoms with Crippen molar-refractivity contribution in [1.29, 1.82) is 0 Å². The average Bonchev–Trinajstić information content (AvgIpc) is 2.42. The smallest absolute Gasteiger partial charge is 0.306 e. The van der Waals surface area contributed by atoms with Crippen LogP contribution in [-0.4, -0.2) is 31.5 Å². The van der Waals surface area contributed by atoms with E-state index in [2.05, 4.69) is 6.92 Å². The summed E-state index contributed by atoms with van der Waals surface area (Å²) < 4.78 is 27.1. The van der Waals surface area contributed by atoms with Gasteiger partial charge in [-0.25, -0.2) is 0 Å². The summed E-state index contributed by atoms with van der Waals surface area (Å²) in [4.78, 5) is 14.5. The molecule has 0 aliphatic rings. The summed E-state index contributed by atoms with van der Waals surface area (Å²) in [5.41, 5.74) is 0.492. The number of nitrogens with zero attached hydrogens (tertiary/aromatic N) is 1. The molecule has 0 aromatic heterocycles. The van der Waals surface area contributed by atoms with Crippen LogP contribution in [0.3, 0.4) is 0 Å². The topological polar surface area (TPSA) is 63.7 Å². The first-order valence-corrected chi connectivity index (χ1v) is 9.55. The lowest BCUT2D eigenvalue weighted by Crippen LogP contribution is -2.44. The zero-order valence-electron chi connectivity index (χ0n) is 14.8. The highest BCUT2D eigenvalue weighted by molar-refractivity contribution is 7.86. The molecule has 1 rings (SSSR count). The van der Waals surface area contributed by atoms with Crippen LogP contribution in [0, 0.1) is 5.41 Å². The lowest BCUT2D eigenvalue weighted by molar-refractivity contribution is -0.142. The quantitative estimate of drug-likeness (QED) is 0.745. The van der Waals surface area contributed by atoms with Crippen molar-refractivity contribution in [3.8, 4) is 5.75 Å². The second-order valence-corrected chi connectivity index (χ2v) is 8.45. The van der Waals surface area contributed by atoms with Crippen LogP contribution in [0.25, 0.3) is 0 Å². The van der Waals surface area contributed by atoms with Crippen molar-refractivity contribution >= 4 is 16.0 Å². The van der Waals surface area contributed by atoms with E-state index in [0.717, 1.165) is 18.2 Å². The van der Waals surface area contributed by atoms with Gasteiger partial charge in [0.15, 0.2) is 0 Å². The first-order valence-electron chi connectivity index (χ1n) is 7.73. The van der Waals surface area contributed by atoms with E-state index in [1.807, 2.05) is 32.6 Å². The van der Waals surface area contributed by atoms with Gasteiger partial charge in [-0.05, 0) is 31.0 Å². The molecule has 1 aromatic carbocycles. The molecule has 0 aliphatic heterocycles. The van der Waals surface area contributed by atoms with Crippen molar-refractivity contribution < 1.29 is 17.4 Å². The minimum Gasteiger partial charge on any atom is -0.383 e. The third kappa shape index (κ3) is 6.22. The predicted octanol–water partition coefficient (Wildman–Crippen LogP) is 3.20. The molecule has 0 saturated carbocycles. The van der Waals surface area contributed by atoms with E-state index in [9.17, 15) is 13.2 Å². The Balaban J connectivity index is 2.94. The Morgan fingerprint density at radius 1 is 1.22 bits per heavy atom. The molecule has 0 heterocycles. The summed E-state index contributed by atoms with van der Waals surface area (Å²) in [7, 11) is -3.53. The van der Waals surface area contributed by atoms with Gasteiger partial charge in [-0.15, -0.1) is 0 Å². The number of hydrogen-bond donors (Lipinski definition) is 0. The van der Waals surface area contributed by atoms with Crippen LogP contribution >= 0.6 is 0 Å². The number of carbonyl (C=O) groups is 1. The fraction of sp³-hybridized carbons (Fsp3) is 0.588. The van der Waals surface area contributed by atoms with E-state index < -0.39 is 15.5 Å². The minimum atomic E-state index is -3.53. The molecule has 0 radical (unpaired) electrons. The van der Waals surface area contributed by atoms with Crippen molar-refractivity contribution in [2.45, 2.75) is 53.6 Å². The zero-order valence-corrected chi connectivity index (χ0v) is 15.6. The second-order valence-electron chi connectivity index (χ2n) is 6.87. The molecule has 0 unspecified atom stereocenters. The van der Waals surface area contributed by atoms with Crippen molar-refractivity contribution in [3.05, 3.63) is 29.8 Å². The monoisotopic (exact) mass is 341 g/mol. The van der Waals surface area contributed by atoms with Crippen LogP contribution in [0.15, 0.2) is 24.3 Å². The number of carbonyl (C=O) groups excluding carboxylic acids is 1. The van der Waals surface area contributed by atoms with Gasteiger partial charge >= 0.3 is 10.1 Å². The van der Waals surface area contributed by atoms with Gasteiger partial charge in [-0.3, -0.25) is 4.79 Å². The van der Waals surface area contributed by atoms with Gasteiger partial charge in [-0.2, -0.15) is 8.42 Å². The van der Waals surface area contributed by atoms with E-state index in [1.165, 1.54) is 0 Å². The zero-order chi connectivity index (χ0) is 17.8. The summed E-state index contributed by atoms with van der Waals surface area (Å²) in [6, 6.07) is 6.91. The normalized spacial score (nSPS) is 13.5. The molecule has 0 saturated heterocycles. The second kappa shape index (κ2) is 7.34. The SMILES string of the molecule is CC[C@H](C)N(Cc1ccc(OS(C)(=O)=O)cc1)C(=O)C(C)(C)C. The van der Waals surface area contributed by atoms with Crippen molar-refractivity contribution in [2.24, 2.45) is 5.41 Å². The van der Waals surface area contributed by atoms with E-state index in [1.54, 1.807) is 24.3 Å². The molecule has 23 heavy (non-hydrogen) atoms. The molecule has 1 aromatic rings. The van der Waals surface area contributed by atoms with Crippen LogP contribution in [-0.2, 0) is 21.5 Å². The highest BCUT2D eigenvalue weighted by Crippen LogP contribution is 2.23. The maximum atomic E-state index is 12.6. The molecule has 0 N–H and O–H groups in total. The van der Waals surface area contributed by atoms with E-state index in [0.29, 0.717) is 6.54 Å². The summed E-state index contributed by atoms with van der Waals surface area (Å²) in [5.74, 6) is 0.372. The third-order valence-electron chi connectivity index (χ3n) is 3.55. The number of amides is 1. The molecule has 0 fully saturated rings. The fourth-order valence-corrected chi connectivity index (χ4v) is 2.56. The molecule has 0 bridgehead atoms. The molecule has 0 aliphatic carbocycles. The Kier molecular flexibility index (Phi) is 6.22. The lowest BCUT2D eigenvalue weighted by atomic mass is 9.93. The molecule has 0 spiro atoms. The first-order chi connectivity index (χ1) is 10.4. The van der Waals surface area contributed by atoms with Crippen molar-refractivity contribution in [2.75, 3.05) is 6.26 Å². The Morgan fingerprint density at radius 2 is 1.74 bits per heavy atom. The first kappa shape index (κ1) is 19.5. The van der Waals surface area contributed by atoms with Crippen LogP contribution in [0.2, 0.25) is 0 Å². The van der Waals surface area contributed by atoms with E-state index >= 15 is 0 Å². The van der Waals surface area contributed by atoms with Gasteiger partial charge in [-0.1, -0.05) is 39.8 Å². The molecule has 5 nitrogen and oxygen atoms in total. The summed E-state index contributed by atoms with van der Waals surface area (Å²) >= 11 is 0. The fourth-order valence-electron chi connectivity index (χ4n) is 2.10. The number of rotatable bonds is 6. The third-order valence-corrected chi connectivity index (χ3v) is 4.04. The van der Waals surface area contributed by atoms with Gasteiger partial charge in [0.25, 0.3) is 0 Å².